The predicted molar refractivity (Wildman–Crippen MR) is 335 cm³/mol. The van der Waals surface area contributed by atoms with Crippen LogP contribution in [0, 0.1) is 0 Å². The summed E-state index contributed by atoms with van der Waals surface area (Å²) in [6.07, 6.45) is 83.0. The van der Waals surface area contributed by atoms with Gasteiger partial charge in [-0.2, -0.15) is 0 Å². The van der Waals surface area contributed by atoms with E-state index < -0.39 is 6.10 Å². The third-order valence-corrected chi connectivity index (χ3v) is 15.3. The highest BCUT2D eigenvalue weighted by molar-refractivity contribution is 5.71. The van der Waals surface area contributed by atoms with Gasteiger partial charge in [-0.25, -0.2) is 0 Å². The van der Waals surface area contributed by atoms with Crippen molar-refractivity contribution in [3.8, 4) is 0 Å². The van der Waals surface area contributed by atoms with Gasteiger partial charge >= 0.3 is 17.9 Å². The fourth-order valence-corrected chi connectivity index (χ4v) is 10.2. The summed E-state index contributed by atoms with van der Waals surface area (Å²) in [5, 5.41) is 0. The van der Waals surface area contributed by atoms with E-state index in [0.717, 1.165) is 77.0 Å². The van der Waals surface area contributed by atoms with Crippen molar-refractivity contribution in [2.24, 2.45) is 0 Å². The molecule has 0 heterocycles. The van der Waals surface area contributed by atoms with Crippen LogP contribution < -0.4 is 0 Å². The molecule has 0 aliphatic carbocycles. The maximum atomic E-state index is 12.9. The molecule has 0 saturated heterocycles. The van der Waals surface area contributed by atoms with Gasteiger partial charge in [0.25, 0.3) is 0 Å². The topological polar surface area (TPSA) is 78.9 Å². The molecule has 0 fully saturated rings. The van der Waals surface area contributed by atoms with Gasteiger partial charge in [-0.15, -0.1) is 0 Å². The van der Waals surface area contributed by atoms with Crippen molar-refractivity contribution in [1.82, 2.24) is 0 Å². The SMILES string of the molecule is CCCCC/C=C\C/C=C\C/C=C\CCCCCCCCC(=O)OC(COC(=O)CCCCCCCCCCC)COC(=O)CCCCCCCCCCCCCCCCCCCCC/C=C\CCCCCCCCCC. The molecule has 0 spiro atoms. The number of carbonyl (C=O) groups is 3. The minimum absolute atomic E-state index is 0.0742. The molecule has 0 aromatic rings. The quantitative estimate of drug-likeness (QED) is 0.0261. The number of unbranched alkanes of at least 4 members (excludes halogenated alkanes) is 44. The summed E-state index contributed by atoms with van der Waals surface area (Å²) in [4.78, 5) is 38.2. The average molecular weight is 1080 g/mol. The fraction of sp³-hybridized carbons (Fsp3) is 0.845. The molecule has 0 aromatic heterocycles. The Morgan fingerprint density at radius 3 is 0.766 bits per heavy atom. The molecule has 0 aliphatic heterocycles. The number of ether oxygens (including phenoxy) is 3. The Morgan fingerprint density at radius 1 is 0.260 bits per heavy atom. The van der Waals surface area contributed by atoms with E-state index in [-0.39, 0.29) is 31.1 Å². The molecule has 0 N–H and O–H groups in total. The highest BCUT2D eigenvalue weighted by Crippen LogP contribution is 2.18. The van der Waals surface area contributed by atoms with Crippen LogP contribution in [0.25, 0.3) is 0 Å². The second-order valence-electron chi connectivity index (χ2n) is 23.1. The minimum atomic E-state index is -0.777. The Kier molecular flexibility index (Phi) is 63.6. The third kappa shape index (κ3) is 64.1. The van der Waals surface area contributed by atoms with Crippen LogP contribution in [0.4, 0.5) is 0 Å². The molecule has 6 nitrogen and oxygen atoms in total. The third-order valence-electron chi connectivity index (χ3n) is 15.3. The first-order chi connectivity index (χ1) is 38.0. The minimum Gasteiger partial charge on any atom is -0.462 e. The van der Waals surface area contributed by atoms with Crippen LogP contribution in [-0.4, -0.2) is 37.2 Å². The van der Waals surface area contributed by atoms with Crippen molar-refractivity contribution in [3.05, 3.63) is 48.6 Å². The summed E-state index contributed by atoms with van der Waals surface area (Å²) in [6.45, 7) is 6.63. The highest BCUT2D eigenvalue weighted by atomic mass is 16.6. The molecule has 0 aromatic carbocycles. The van der Waals surface area contributed by atoms with E-state index in [4.69, 9.17) is 14.2 Å². The standard InChI is InChI=1S/C71H130O6/c1-4-7-10-13-16-19-21-23-25-27-29-30-31-32-33-34-35-36-37-38-39-40-42-43-45-47-49-52-55-58-61-64-70(73)76-67-68(66-75-69(72)63-60-57-54-51-18-15-12-9-6-3)77-71(74)65-62-59-56-53-50-48-46-44-41-28-26-24-22-20-17-14-11-8-5-2/h17,20,24,26-27,29,41,44,68H,4-16,18-19,21-23,25,28,30-40,42-43,45-67H2,1-3H3/b20-17-,26-24-,29-27-,44-41-. The molecule has 1 unspecified atom stereocenters. The molecular weight excluding hydrogens is 949 g/mol. The van der Waals surface area contributed by atoms with E-state index in [1.165, 1.54) is 250 Å². The van der Waals surface area contributed by atoms with Gasteiger partial charge in [0.05, 0.1) is 0 Å². The maximum absolute atomic E-state index is 12.9. The van der Waals surface area contributed by atoms with E-state index in [1.807, 2.05) is 0 Å². The van der Waals surface area contributed by atoms with Gasteiger partial charge < -0.3 is 14.2 Å². The first-order valence-electron chi connectivity index (χ1n) is 34.1. The lowest BCUT2D eigenvalue weighted by Crippen LogP contribution is -2.30. The van der Waals surface area contributed by atoms with Gasteiger partial charge in [-0.3, -0.25) is 14.4 Å². The number of esters is 3. The first-order valence-corrected chi connectivity index (χ1v) is 34.1. The van der Waals surface area contributed by atoms with Gasteiger partial charge in [0.1, 0.15) is 13.2 Å². The van der Waals surface area contributed by atoms with Gasteiger partial charge in [0.2, 0.25) is 0 Å². The van der Waals surface area contributed by atoms with E-state index in [1.54, 1.807) is 0 Å². The summed E-state index contributed by atoms with van der Waals surface area (Å²) >= 11 is 0. The van der Waals surface area contributed by atoms with Crippen molar-refractivity contribution in [3.63, 3.8) is 0 Å². The van der Waals surface area contributed by atoms with Crippen molar-refractivity contribution >= 4 is 17.9 Å². The zero-order valence-corrected chi connectivity index (χ0v) is 51.7. The van der Waals surface area contributed by atoms with Crippen LogP contribution in [0.3, 0.4) is 0 Å². The van der Waals surface area contributed by atoms with E-state index in [0.29, 0.717) is 19.3 Å². The zero-order valence-electron chi connectivity index (χ0n) is 51.7. The van der Waals surface area contributed by atoms with Crippen LogP contribution >= 0.6 is 0 Å². The molecule has 0 saturated carbocycles. The zero-order chi connectivity index (χ0) is 55.7. The molecule has 0 aliphatic rings. The summed E-state index contributed by atoms with van der Waals surface area (Å²) < 4.78 is 16.9. The molecule has 0 bridgehead atoms. The molecule has 1 atom stereocenters. The van der Waals surface area contributed by atoms with Crippen LogP contribution in [0.5, 0.6) is 0 Å². The van der Waals surface area contributed by atoms with Crippen molar-refractivity contribution < 1.29 is 28.6 Å². The average Bonchev–Trinajstić information content (AvgIpc) is 3.43. The molecule has 77 heavy (non-hydrogen) atoms. The number of carbonyl (C=O) groups excluding carboxylic acids is 3. The Morgan fingerprint density at radius 2 is 0.468 bits per heavy atom. The Labute approximate surface area is 479 Å². The first kappa shape index (κ1) is 74.4. The number of allylic oxidation sites excluding steroid dienone is 8. The lowest BCUT2D eigenvalue weighted by Gasteiger charge is -2.18. The van der Waals surface area contributed by atoms with Gasteiger partial charge in [-0.1, -0.05) is 313 Å². The Balaban J connectivity index is 4.09. The van der Waals surface area contributed by atoms with Gasteiger partial charge in [0.15, 0.2) is 6.10 Å². The van der Waals surface area contributed by atoms with Crippen LogP contribution in [0.2, 0.25) is 0 Å². The summed E-state index contributed by atoms with van der Waals surface area (Å²) in [6, 6.07) is 0. The summed E-state index contributed by atoms with van der Waals surface area (Å²) in [5.74, 6) is -0.869. The van der Waals surface area contributed by atoms with E-state index in [2.05, 4.69) is 69.4 Å². The van der Waals surface area contributed by atoms with Crippen LogP contribution in [-0.2, 0) is 28.6 Å². The van der Waals surface area contributed by atoms with E-state index in [9.17, 15) is 14.4 Å². The largest absolute Gasteiger partial charge is 0.462 e. The smallest absolute Gasteiger partial charge is 0.306 e. The molecule has 6 heteroatoms. The van der Waals surface area contributed by atoms with Crippen LogP contribution in [0.15, 0.2) is 48.6 Å². The summed E-state index contributed by atoms with van der Waals surface area (Å²) in [5.41, 5.74) is 0. The Hall–Kier alpha value is -2.63. The Bertz CT molecular complexity index is 1330. The molecular formula is C71H130O6. The second-order valence-corrected chi connectivity index (χ2v) is 23.1. The number of rotatable bonds is 63. The normalized spacial score (nSPS) is 12.3. The lowest BCUT2D eigenvalue weighted by molar-refractivity contribution is -0.167. The van der Waals surface area contributed by atoms with Gasteiger partial charge in [-0.05, 0) is 83.5 Å². The fourth-order valence-electron chi connectivity index (χ4n) is 10.2. The molecule has 0 rings (SSSR count). The van der Waals surface area contributed by atoms with Crippen molar-refractivity contribution in [2.75, 3.05) is 13.2 Å². The second kappa shape index (κ2) is 65.9. The molecule has 0 radical (unpaired) electrons. The lowest BCUT2D eigenvalue weighted by atomic mass is 10.0. The predicted octanol–water partition coefficient (Wildman–Crippen LogP) is 23.3. The number of hydrogen-bond donors (Lipinski definition) is 0. The maximum Gasteiger partial charge on any atom is 0.306 e. The number of hydrogen-bond acceptors (Lipinski definition) is 6. The van der Waals surface area contributed by atoms with Crippen LogP contribution in [0.1, 0.15) is 367 Å². The molecule has 0 amide bonds. The highest BCUT2D eigenvalue weighted by Gasteiger charge is 2.19. The summed E-state index contributed by atoms with van der Waals surface area (Å²) in [7, 11) is 0. The van der Waals surface area contributed by atoms with E-state index >= 15 is 0 Å². The van der Waals surface area contributed by atoms with Crippen molar-refractivity contribution in [1.29, 1.82) is 0 Å². The van der Waals surface area contributed by atoms with Gasteiger partial charge in [0, 0.05) is 19.3 Å². The monoisotopic (exact) mass is 1080 g/mol. The van der Waals surface area contributed by atoms with Crippen molar-refractivity contribution in [2.45, 2.75) is 374 Å². The molecule has 450 valence electrons.